The monoisotopic (exact) mass is 301 g/mol. The van der Waals surface area contributed by atoms with Crippen LogP contribution in [0.1, 0.15) is 22.0 Å². The molecule has 1 aliphatic rings. The normalized spacial score (nSPS) is 18.8. The average Bonchev–Trinajstić information content (AvgIpc) is 2.57. The summed E-state index contributed by atoms with van der Waals surface area (Å²) in [7, 11) is 0. The molecule has 2 aromatic rings. The smallest absolute Gasteiger partial charge is 0.334 e. The lowest BCUT2D eigenvalue weighted by Gasteiger charge is -2.15. The fourth-order valence-corrected chi connectivity index (χ4v) is 2.82. The summed E-state index contributed by atoms with van der Waals surface area (Å²) in [5.41, 5.74) is -0.251. The molecule has 0 radical (unpaired) electrons. The minimum Gasteiger partial charge on any atom is -0.379 e. The summed E-state index contributed by atoms with van der Waals surface area (Å²) in [5.74, 6) is -2.08. The molecule has 21 heavy (non-hydrogen) atoms. The zero-order chi connectivity index (χ0) is 15.1. The largest absolute Gasteiger partial charge is 0.379 e. The first-order valence-electron chi connectivity index (χ1n) is 6.38. The number of ether oxygens (including phenoxy) is 1. The maximum atomic E-state index is 13.4. The molecule has 0 N–H and O–H groups in total. The van der Waals surface area contributed by atoms with Crippen LogP contribution in [0, 0.1) is 5.82 Å². The molecule has 3 nitrogen and oxygen atoms in total. The first-order valence-corrected chi connectivity index (χ1v) is 6.38. The fourth-order valence-electron chi connectivity index (χ4n) is 2.82. The molecule has 0 aliphatic carbocycles. The zero-order valence-corrected chi connectivity index (χ0v) is 10.8. The molecule has 1 aromatic carbocycles. The molecule has 1 aliphatic heterocycles. The Morgan fingerprint density at radius 3 is 2.81 bits per heavy atom. The van der Waals surface area contributed by atoms with E-state index in [4.69, 9.17) is 4.74 Å². The maximum Gasteiger partial charge on any atom is 0.334 e. The summed E-state index contributed by atoms with van der Waals surface area (Å²) in [4.78, 5) is 11.3. The third-order valence-electron chi connectivity index (χ3n) is 3.67. The summed E-state index contributed by atoms with van der Waals surface area (Å²) in [6, 6.07) is 1.65. The van der Waals surface area contributed by atoms with E-state index in [0.717, 1.165) is 12.1 Å². The first kappa shape index (κ1) is 14.1. The predicted octanol–water partition coefficient (Wildman–Crippen LogP) is 3.27. The molecule has 1 aromatic heterocycles. The molecule has 2 heterocycles. The Kier molecular flexibility index (Phi) is 3.44. The van der Waals surface area contributed by atoms with Crippen LogP contribution in [0.4, 0.5) is 17.6 Å². The lowest BCUT2D eigenvalue weighted by molar-refractivity contribution is 0.0497. The van der Waals surface area contributed by atoms with Gasteiger partial charge in [-0.15, -0.1) is 0 Å². The molecule has 0 saturated heterocycles. The molecular weight excluding hydrogens is 290 g/mol. The van der Waals surface area contributed by atoms with Crippen LogP contribution >= 0.6 is 0 Å². The molecule has 0 amide bonds. The van der Waals surface area contributed by atoms with Crippen molar-refractivity contribution >= 4 is 16.9 Å². The van der Waals surface area contributed by atoms with Gasteiger partial charge in [-0.1, -0.05) is 0 Å². The van der Waals surface area contributed by atoms with Crippen LogP contribution in [0.25, 0.3) is 10.9 Å². The van der Waals surface area contributed by atoms with E-state index in [1.54, 1.807) is 0 Å². The number of benzene rings is 1. The summed E-state index contributed by atoms with van der Waals surface area (Å²) in [5, 5.41) is 0.0186. The number of rotatable bonds is 2. The first-order chi connectivity index (χ1) is 10.0. The Balaban J connectivity index is 2.38. The van der Waals surface area contributed by atoms with E-state index in [0.29, 0.717) is 5.52 Å². The summed E-state index contributed by atoms with van der Waals surface area (Å²) >= 11 is 0. The molecule has 0 fully saturated rings. The van der Waals surface area contributed by atoms with E-state index in [2.05, 4.69) is 0 Å². The predicted molar refractivity (Wildman–Crippen MR) is 66.9 cm³/mol. The van der Waals surface area contributed by atoms with Crippen LogP contribution in [-0.2, 0) is 11.3 Å². The molecule has 0 saturated carbocycles. The molecular formula is C14H11F4NO2. The summed E-state index contributed by atoms with van der Waals surface area (Å²) < 4.78 is 59.8. The summed E-state index contributed by atoms with van der Waals surface area (Å²) in [6.07, 6.45) is -2.81. The average molecular weight is 301 g/mol. The minimum absolute atomic E-state index is 0.0186. The van der Waals surface area contributed by atoms with Crippen molar-refractivity contribution in [1.82, 2.24) is 4.57 Å². The van der Waals surface area contributed by atoms with Crippen molar-refractivity contribution < 1.29 is 27.1 Å². The second kappa shape index (κ2) is 5.14. The lowest BCUT2D eigenvalue weighted by Crippen LogP contribution is -2.18. The second-order valence-electron chi connectivity index (χ2n) is 4.86. The van der Waals surface area contributed by atoms with Gasteiger partial charge in [0.15, 0.2) is 0 Å². The van der Waals surface area contributed by atoms with Crippen molar-refractivity contribution in [2.24, 2.45) is 0 Å². The van der Waals surface area contributed by atoms with E-state index in [1.807, 2.05) is 0 Å². The van der Waals surface area contributed by atoms with Gasteiger partial charge < -0.3 is 9.30 Å². The number of nitrogens with zero attached hydrogens (tertiary/aromatic N) is 1. The number of halogens is 4. The van der Waals surface area contributed by atoms with Gasteiger partial charge in [-0.05, 0) is 18.2 Å². The molecule has 7 heteroatoms. The van der Waals surface area contributed by atoms with Gasteiger partial charge in [0.1, 0.15) is 5.82 Å². The van der Waals surface area contributed by atoms with Crippen molar-refractivity contribution in [3.05, 3.63) is 35.3 Å². The van der Waals surface area contributed by atoms with Crippen molar-refractivity contribution in [1.29, 1.82) is 0 Å². The lowest BCUT2D eigenvalue weighted by atomic mass is 10.0. The molecule has 0 bridgehead atoms. The number of hydrogen-bond acceptors (Lipinski definition) is 2. The fraction of sp³-hybridized carbons (Fsp3) is 0.357. The van der Waals surface area contributed by atoms with Gasteiger partial charge >= 0.3 is 6.04 Å². The van der Waals surface area contributed by atoms with E-state index in [-0.39, 0.29) is 30.8 Å². The number of aromatic nitrogens is 1. The SMILES string of the molecule is O=C(F)c1c2n(c3ccc(F)cc13)CCOCC2C(F)F. The van der Waals surface area contributed by atoms with Crippen LogP contribution in [0.15, 0.2) is 18.2 Å². The minimum atomic E-state index is -2.81. The molecule has 0 spiro atoms. The van der Waals surface area contributed by atoms with Crippen molar-refractivity contribution in [3.8, 4) is 0 Å². The third kappa shape index (κ3) is 2.21. The third-order valence-corrected chi connectivity index (χ3v) is 3.67. The van der Waals surface area contributed by atoms with Gasteiger partial charge in [-0.25, -0.2) is 13.2 Å². The number of hydrogen-bond donors (Lipinski definition) is 0. The van der Waals surface area contributed by atoms with Gasteiger partial charge in [0, 0.05) is 23.1 Å². The van der Waals surface area contributed by atoms with Gasteiger partial charge in [-0.2, -0.15) is 4.39 Å². The number of fused-ring (bicyclic) bond motifs is 3. The topological polar surface area (TPSA) is 31.2 Å². The summed E-state index contributed by atoms with van der Waals surface area (Å²) in [6.45, 7) is 0.0575. The Morgan fingerprint density at radius 2 is 2.14 bits per heavy atom. The van der Waals surface area contributed by atoms with Gasteiger partial charge in [0.05, 0.1) is 24.7 Å². The highest BCUT2D eigenvalue weighted by Crippen LogP contribution is 2.36. The van der Waals surface area contributed by atoms with Gasteiger partial charge in [0.2, 0.25) is 6.43 Å². The highest BCUT2D eigenvalue weighted by Gasteiger charge is 2.35. The molecule has 1 unspecified atom stereocenters. The molecule has 3 rings (SSSR count). The standard InChI is InChI=1S/C14H11F4NO2/c15-7-1-2-10-8(5-7)11(14(18)20)12-9(13(16)17)6-21-4-3-19(10)12/h1-2,5,9,13H,3-4,6H2. The van der Waals surface area contributed by atoms with Crippen molar-refractivity contribution in [3.63, 3.8) is 0 Å². The number of alkyl halides is 2. The van der Waals surface area contributed by atoms with E-state index in [9.17, 15) is 22.4 Å². The van der Waals surface area contributed by atoms with Gasteiger partial charge in [0.25, 0.3) is 0 Å². The quantitative estimate of drug-likeness (QED) is 0.630. The van der Waals surface area contributed by atoms with Gasteiger partial charge in [-0.3, -0.25) is 4.79 Å². The second-order valence-corrected chi connectivity index (χ2v) is 4.86. The molecule has 1 atom stereocenters. The maximum absolute atomic E-state index is 13.4. The van der Waals surface area contributed by atoms with Crippen molar-refractivity contribution in [2.45, 2.75) is 18.9 Å². The van der Waals surface area contributed by atoms with Crippen LogP contribution in [0.3, 0.4) is 0 Å². The number of carbonyl (C=O) groups excluding carboxylic acids is 1. The Morgan fingerprint density at radius 1 is 1.38 bits per heavy atom. The molecule has 112 valence electrons. The zero-order valence-electron chi connectivity index (χ0n) is 10.8. The van der Waals surface area contributed by atoms with E-state index < -0.39 is 29.8 Å². The highest BCUT2D eigenvalue weighted by atomic mass is 19.3. The van der Waals surface area contributed by atoms with Crippen LogP contribution in [0.2, 0.25) is 0 Å². The Hall–Kier alpha value is -1.89. The van der Waals surface area contributed by atoms with Crippen LogP contribution in [-0.4, -0.2) is 30.2 Å². The van der Waals surface area contributed by atoms with Crippen LogP contribution < -0.4 is 0 Å². The number of carbonyl (C=O) groups is 1. The van der Waals surface area contributed by atoms with E-state index in [1.165, 1.54) is 10.6 Å². The van der Waals surface area contributed by atoms with Crippen LogP contribution in [0.5, 0.6) is 0 Å². The Labute approximate surface area is 117 Å². The highest BCUT2D eigenvalue weighted by molar-refractivity contribution is 6.05. The Bertz CT molecular complexity index is 711. The van der Waals surface area contributed by atoms with E-state index >= 15 is 0 Å². The van der Waals surface area contributed by atoms with Crippen molar-refractivity contribution in [2.75, 3.05) is 13.2 Å².